The fourth-order valence-electron chi connectivity index (χ4n) is 3.29. The zero-order valence-corrected chi connectivity index (χ0v) is 19.3. The highest BCUT2D eigenvalue weighted by atomic mass is 32.2. The molecular weight excluding hydrogens is 420 g/mol. The first-order chi connectivity index (χ1) is 15.5. The second kappa shape index (κ2) is 9.32. The SMILES string of the molecule is COc1ccc(/C=C2\SC(=Nc3ccc(C)cc3)N(c3ccc(C)cc3)C2=O)cc1OC. The van der Waals surface area contributed by atoms with E-state index in [1.54, 1.807) is 19.1 Å². The molecule has 1 saturated heterocycles. The number of hydrogen-bond donors (Lipinski definition) is 0. The van der Waals surface area contributed by atoms with Gasteiger partial charge in [-0.05, 0) is 73.6 Å². The molecule has 3 aromatic rings. The van der Waals surface area contributed by atoms with Gasteiger partial charge in [-0.15, -0.1) is 0 Å². The molecule has 0 radical (unpaired) electrons. The molecule has 162 valence electrons. The van der Waals surface area contributed by atoms with Gasteiger partial charge in [0.15, 0.2) is 16.7 Å². The molecule has 0 saturated carbocycles. The molecule has 0 bridgehead atoms. The number of ether oxygens (including phenoxy) is 2. The van der Waals surface area contributed by atoms with E-state index in [9.17, 15) is 4.79 Å². The maximum Gasteiger partial charge on any atom is 0.271 e. The van der Waals surface area contributed by atoms with Crippen molar-refractivity contribution in [3.05, 3.63) is 88.3 Å². The van der Waals surface area contributed by atoms with E-state index in [1.165, 1.54) is 11.8 Å². The summed E-state index contributed by atoms with van der Waals surface area (Å²) in [7, 11) is 3.19. The molecule has 0 unspecified atom stereocenters. The predicted molar refractivity (Wildman–Crippen MR) is 132 cm³/mol. The van der Waals surface area contributed by atoms with E-state index in [0.717, 1.165) is 28.1 Å². The summed E-state index contributed by atoms with van der Waals surface area (Å²) in [6.45, 7) is 4.06. The number of aryl methyl sites for hydroxylation is 2. The number of carbonyl (C=O) groups is 1. The summed E-state index contributed by atoms with van der Waals surface area (Å²) in [5, 5.41) is 0.620. The number of amides is 1. The number of carbonyl (C=O) groups excluding carboxylic acids is 1. The van der Waals surface area contributed by atoms with Crippen molar-refractivity contribution in [2.45, 2.75) is 13.8 Å². The fourth-order valence-corrected chi connectivity index (χ4v) is 4.29. The summed E-state index contributed by atoms with van der Waals surface area (Å²) in [5.74, 6) is 1.14. The molecule has 6 heteroatoms. The van der Waals surface area contributed by atoms with Crippen LogP contribution >= 0.6 is 11.8 Å². The second-order valence-corrected chi connectivity index (χ2v) is 8.44. The van der Waals surface area contributed by atoms with Crippen molar-refractivity contribution in [2.24, 2.45) is 4.99 Å². The minimum absolute atomic E-state index is 0.112. The monoisotopic (exact) mass is 444 g/mol. The molecule has 1 aliphatic rings. The van der Waals surface area contributed by atoms with Gasteiger partial charge in [-0.1, -0.05) is 41.5 Å². The lowest BCUT2D eigenvalue weighted by atomic mass is 10.1. The van der Waals surface area contributed by atoms with Crippen LogP contribution in [0.2, 0.25) is 0 Å². The van der Waals surface area contributed by atoms with E-state index in [0.29, 0.717) is 21.6 Å². The van der Waals surface area contributed by atoms with Crippen LogP contribution in [0.1, 0.15) is 16.7 Å². The lowest BCUT2D eigenvalue weighted by Crippen LogP contribution is -2.28. The maximum atomic E-state index is 13.4. The smallest absolute Gasteiger partial charge is 0.271 e. The molecule has 0 N–H and O–H groups in total. The molecule has 1 aliphatic heterocycles. The first kappa shape index (κ1) is 21.7. The van der Waals surface area contributed by atoms with Gasteiger partial charge in [-0.2, -0.15) is 0 Å². The van der Waals surface area contributed by atoms with E-state index in [4.69, 9.17) is 14.5 Å². The fraction of sp³-hybridized carbons (Fsp3) is 0.154. The van der Waals surface area contributed by atoms with Gasteiger partial charge in [0, 0.05) is 0 Å². The van der Waals surface area contributed by atoms with E-state index < -0.39 is 0 Å². The highest BCUT2D eigenvalue weighted by molar-refractivity contribution is 8.19. The Morgan fingerprint density at radius 2 is 1.47 bits per heavy atom. The summed E-state index contributed by atoms with van der Waals surface area (Å²) in [6.07, 6.45) is 1.85. The van der Waals surface area contributed by atoms with Gasteiger partial charge < -0.3 is 9.47 Å². The van der Waals surface area contributed by atoms with Gasteiger partial charge in [0.05, 0.1) is 30.5 Å². The Bertz CT molecular complexity index is 1200. The first-order valence-electron chi connectivity index (χ1n) is 10.2. The third-order valence-corrected chi connectivity index (χ3v) is 6.03. The summed E-state index contributed by atoms with van der Waals surface area (Å²) in [4.78, 5) is 20.5. The maximum absolute atomic E-state index is 13.4. The van der Waals surface area contributed by atoms with Crippen LogP contribution in [0.3, 0.4) is 0 Å². The topological polar surface area (TPSA) is 51.1 Å². The van der Waals surface area contributed by atoms with Gasteiger partial charge in [-0.3, -0.25) is 9.69 Å². The van der Waals surface area contributed by atoms with Crippen molar-refractivity contribution in [2.75, 3.05) is 19.1 Å². The number of nitrogens with zero attached hydrogens (tertiary/aromatic N) is 2. The molecule has 3 aromatic carbocycles. The number of benzene rings is 3. The summed E-state index contributed by atoms with van der Waals surface area (Å²) in [5.41, 5.74) is 4.73. The normalized spacial score (nSPS) is 16.1. The van der Waals surface area contributed by atoms with Crippen LogP contribution in [0.15, 0.2) is 76.6 Å². The number of hydrogen-bond acceptors (Lipinski definition) is 5. The van der Waals surface area contributed by atoms with Gasteiger partial charge in [0.25, 0.3) is 5.91 Å². The summed E-state index contributed by atoms with van der Waals surface area (Å²) in [6, 6.07) is 21.4. The minimum Gasteiger partial charge on any atom is -0.493 e. The van der Waals surface area contributed by atoms with Crippen molar-refractivity contribution in [3.63, 3.8) is 0 Å². The number of aliphatic imine (C=N–C) groups is 1. The van der Waals surface area contributed by atoms with Crippen LogP contribution in [-0.2, 0) is 4.79 Å². The minimum atomic E-state index is -0.112. The average molecular weight is 445 g/mol. The van der Waals surface area contributed by atoms with Crippen LogP contribution in [0.4, 0.5) is 11.4 Å². The predicted octanol–water partition coefficient (Wildman–Crippen LogP) is 6.13. The summed E-state index contributed by atoms with van der Waals surface area (Å²) >= 11 is 1.36. The van der Waals surface area contributed by atoms with Gasteiger partial charge in [0.1, 0.15) is 0 Å². The largest absolute Gasteiger partial charge is 0.493 e. The Hall–Kier alpha value is -3.51. The van der Waals surface area contributed by atoms with Gasteiger partial charge in [0.2, 0.25) is 0 Å². The van der Waals surface area contributed by atoms with Crippen LogP contribution in [-0.4, -0.2) is 25.3 Å². The molecule has 0 atom stereocenters. The Kier molecular flexibility index (Phi) is 6.32. The Morgan fingerprint density at radius 3 is 2.09 bits per heavy atom. The average Bonchev–Trinajstić information content (AvgIpc) is 3.10. The van der Waals surface area contributed by atoms with Gasteiger partial charge in [-0.25, -0.2) is 4.99 Å². The molecule has 1 heterocycles. The summed E-state index contributed by atoms with van der Waals surface area (Å²) < 4.78 is 10.7. The molecule has 5 nitrogen and oxygen atoms in total. The Labute approximate surface area is 192 Å². The number of thioether (sulfide) groups is 1. The standard InChI is InChI=1S/C26H24N2O3S/c1-17-5-10-20(11-6-17)27-26-28(21-12-7-18(2)8-13-21)25(29)24(32-26)16-19-9-14-22(30-3)23(15-19)31-4/h5-16H,1-4H3/b24-16-,27-26?. The molecule has 0 aliphatic carbocycles. The quantitative estimate of drug-likeness (QED) is 0.444. The molecule has 0 spiro atoms. The molecular formula is C26H24N2O3S. The third kappa shape index (κ3) is 4.55. The van der Waals surface area contributed by atoms with Crippen molar-refractivity contribution in [1.29, 1.82) is 0 Å². The van der Waals surface area contributed by atoms with Crippen molar-refractivity contribution in [1.82, 2.24) is 0 Å². The van der Waals surface area contributed by atoms with Crippen LogP contribution in [0.25, 0.3) is 6.08 Å². The molecule has 1 fully saturated rings. The Balaban J connectivity index is 1.75. The number of amidine groups is 1. The van der Waals surface area contributed by atoms with Gasteiger partial charge >= 0.3 is 0 Å². The third-order valence-electron chi connectivity index (χ3n) is 5.06. The van der Waals surface area contributed by atoms with E-state index in [1.807, 2.05) is 86.7 Å². The zero-order valence-electron chi connectivity index (χ0n) is 18.5. The molecule has 32 heavy (non-hydrogen) atoms. The Morgan fingerprint density at radius 1 is 0.844 bits per heavy atom. The van der Waals surface area contributed by atoms with E-state index >= 15 is 0 Å². The van der Waals surface area contributed by atoms with Crippen molar-refractivity contribution >= 4 is 40.3 Å². The first-order valence-corrected chi connectivity index (χ1v) is 11.0. The molecule has 1 amide bonds. The second-order valence-electron chi connectivity index (χ2n) is 7.43. The number of methoxy groups -OCH3 is 2. The zero-order chi connectivity index (χ0) is 22.7. The lowest BCUT2D eigenvalue weighted by Gasteiger charge is -2.16. The molecule has 4 rings (SSSR count). The number of rotatable bonds is 5. The highest BCUT2D eigenvalue weighted by Gasteiger charge is 2.34. The van der Waals surface area contributed by atoms with Crippen molar-refractivity contribution in [3.8, 4) is 11.5 Å². The van der Waals surface area contributed by atoms with Crippen LogP contribution < -0.4 is 14.4 Å². The van der Waals surface area contributed by atoms with E-state index in [2.05, 4.69) is 0 Å². The van der Waals surface area contributed by atoms with Crippen LogP contribution in [0.5, 0.6) is 11.5 Å². The highest BCUT2D eigenvalue weighted by Crippen LogP contribution is 2.38. The molecule has 0 aromatic heterocycles. The van der Waals surface area contributed by atoms with Crippen molar-refractivity contribution < 1.29 is 14.3 Å². The van der Waals surface area contributed by atoms with Crippen LogP contribution in [0, 0.1) is 13.8 Å². The lowest BCUT2D eigenvalue weighted by molar-refractivity contribution is -0.113. The van der Waals surface area contributed by atoms with E-state index in [-0.39, 0.29) is 5.91 Å². The number of anilines is 1.